The highest BCUT2D eigenvalue weighted by Crippen LogP contribution is 2.16. The molecule has 0 spiro atoms. The number of nitrogens with zero attached hydrogens (tertiary/aromatic N) is 3. The van der Waals surface area contributed by atoms with Crippen molar-refractivity contribution >= 4 is 22.6 Å². The number of fused-ring (bicyclic) bond motifs is 1. The Morgan fingerprint density at radius 2 is 2.00 bits per heavy atom. The maximum Gasteiger partial charge on any atom is 0.262 e. The number of hydrogen-bond donors (Lipinski definition) is 2. The number of nitrogens with one attached hydrogen (secondary N) is 2. The van der Waals surface area contributed by atoms with Crippen molar-refractivity contribution in [3.8, 4) is 5.69 Å². The normalized spacial score (nSPS) is 11.0. The van der Waals surface area contributed by atoms with Gasteiger partial charge < -0.3 is 10.3 Å². The van der Waals surface area contributed by atoms with Gasteiger partial charge in [0.15, 0.2) is 5.65 Å². The summed E-state index contributed by atoms with van der Waals surface area (Å²) in [6, 6.07) is 13.9. The lowest BCUT2D eigenvalue weighted by Crippen LogP contribution is -2.17. The zero-order valence-electron chi connectivity index (χ0n) is 15.6. The van der Waals surface area contributed by atoms with Crippen molar-refractivity contribution in [2.24, 2.45) is 0 Å². The lowest BCUT2D eigenvalue weighted by atomic mass is 10.2. The van der Waals surface area contributed by atoms with Crippen LogP contribution in [0.15, 0.2) is 59.5 Å². The third kappa shape index (κ3) is 3.91. The molecule has 0 aliphatic heterocycles. The zero-order valence-corrected chi connectivity index (χ0v) is 15.6. The van der Waals surface area contributed by atoms with E-state index in [1.807, 2.05) is 30.3 Å². The van der Waals surface area contributed by atoms with Gasteiger partial charge in [0.1, 0.15) is 17.0 Å². The zero-order chi connectivity index (χ0) is 20.4. The van der Waals surface area contributed by atoms with Gasteiger partial charge in [0, 0.05) is 12.8 Å². The van der Waals surface area contributed by atoms with Crippen LogP contribution in [0.2, 0.25) is 0 Å². The quantitative estimate of drug-likeness (QED) is 0.547. The number of rotatable bonds is 5. The van der Waals surface area contributed by atoms with Gasteiger partial charge in [-0.15, -0.1) is 0 Å². The molecule has 2 N–H and O–H groups in total. The van der Waals surface area contributed by atoms with E-state index >= 15 is 0 Å². The minimum absolute atomic E-state index is 0.0429. The molecule has 2 aromatic heterocycles. The average molecular weight is 391 g/mol. The highest BCUT2D eigenvalue weighted by atomic mass is 19.1. The number of aryl methyl sites for hydroxylation is 2. The van der Waals surface area contributed by atoms with Crippen LogP contribution in [0.1, 0.15) is 17.8 Å². The second-order valence-electron chi connectivity index (χ2n) is 6.67. The summed E-state index contributed by atoms with van der Waals surface area (Å²) in [5.41, 5.74) is 1.77. The number of aromatic nitrogens is 4. The van der Waals surface area contributed by atoms with Gasteiger partial charge in [-0.1, -0.05) is 24.3 Å². The monoisotopic (exact) mass is 391 g/mol. The first kappa shape index (κ1) is 18.5. The highest BCUT2D eigenvalue weighted by molar-refractivity contribution is 5.91. The Bertz CT molecular complexity index is 1250. The van der Waals surface area contributed by atoms with Crippen molar-refractivity contribution in [2.75, 3.05) is 5.32 Å². The number of H-pyrrole nitrogens is 1. The maximum absolute atomic E-state index is 13.9. The molecule has 4 rings (SSSR count). The number of halogens is 1. The number of aromatic amines is 1. The number of amides is 1. The van der Waals surface area contributed by atoms with Gasteiger partial charge in [-0.05, 0) is 36.8 Å². The summed E-state index contributed by atoms with van der Waals surface area (Å²) in [4.78, 5) is 31.7. The van der Waals surface area contributed by atoms with Crippen LogP contribution >= 0.6 is 0 Å². The van der Waals surface area contributed by atoms with Crippen molar-refractivity contribution in [1.29, 1.82) is 0 Å². The molecule has 0 saturated carbocycles. The second kappa shape index (κ2) is 7.67. The number of benzene rings is 2. The molecule has 29 heavy (non-hydrogen) atoms. The molecule has 146 valence electrons. The molecular formula is C21H18FN5O2. The predicted molar refractivity (Wildman–Crippen MR) is 108 cm³/mol. The molecule has 4 aromatic rings. The summed E-state index contributed by atoms with van der Waals surface area (Å²) in [7, 11) is 0. The molecule has 0 unspecified atom stereocenters. The first-order valence-corrected chi connectivity index (χ1v) is 9.09. The number of anilines is 1. The minimum Gasteiger partial charge on any atom is -0.324 e. The van der Waals surface area contributed by atoms with E-state index in [9.17, 15) is 14.0 Å². The fraction of sp³-hybridized carbons (Fsp3) is 0.143. The Hall–Kier alpha value is -3.81. The Morgan fingerprint density at radius 3 is 2.76 bits per heavy atom. The van der Waals surface area contributed by atoms with Crippen LogP contribution in [-0.4, -0.2) is 25.7 Å². The van der Waals surface area contributed by atoms with E-state index < -0.39 is 5.82 Å². The highest BCUT2D eigenvalue weighted by Gasteiger charge is 2.13. The Labute approximate surface area is 165 Å². The Kier molecular flexibility index (Phi) is 4.90. The van der Waals surface area contributed by atoms with E-state index in [0.29, 0.717) is 16.9 Å². The first-order chi connectivity index (χ1) is 14.0. The van der Waals surface area contributed by atoms with E-state index in [-0.39, 0.29) is 30.0 Å². The maximum atomic E-state index is 13.9. The van der Waals surface area contributed by atoms with Gasteiger partial charge in [-0.25, -0.2) is 14.1 Å². The molecule has 0 aliphatic rings. The van der Waals surface area contributed by atoms with Crippen LogP contribution < -0.4 is 10.9 Å². The topological polar surface area (TPSA) is 92.7 Å². The first-order valence-electron chi connectivity index (χ1n) is 9.09. The van der Waals surface area contributed by atoms with E-state index in [1.165, 1.54) is 18.3 Å². The standard InChI is InChI=1S/C21H18FN5O2/c1-13-7-8-17(16(22)11-13)24-19(28)10-9-18-25-20-15(21(29)26-18)12-23-27(20)14-5-3-2-4-6-14/h2-8,11-12H,9-10H2,1H3,(H,24,28)(H,25,26,29). The van der Waals surface area contributed by atoms with Crippen molar-refractivity contribution < 1.29 is 9.18 Å². The summed E-state index contributed by atoms with van der Waals surface area (Å²) in [5, 5.41) is 7.15. The van der Waals surface area contributed by atoms with Crippen LogP contribution in [0.5, 0.6) is 0 Å². The van der Waals surface area contributed by atoms with Crippen LogP contribution in [0.3, 0.4) is 0 Å². The summed E-state index contributed by atoms with van der Waals surface area (Å²) in [6.45, 7) is 1.77. The summed E-state index contributed by atoms with van der Waals surface area (Å²) in [5.74, 6) is -0.496. The molecule has 2 heterocycles. The van der Waals surface area contributed by atoms with Gasteiger partial charge >= 0.3 is 0 Å². The lowest BCUT2D eigenvalue weighted by Gasteiger charge is -2.07. The third-order valence-corrected chi connectivity index (χ3v) is 4.48. The van der Waals surface area contributed by atoms with E-state index in [4.69, 9.17) is 0 Å². The van der Waals surface area contributed by atoms with Crippen molar-refractivity contribution in [1.82, 2.24) is 19.7 Å². The molecule has 7 nitrogen and oxygen atoms in total. The molecule has 1 amide bonds. The van der Waals surface area contributed by atoms with Crippen LogP contribution in [0.4, 0.5) is 10.1 Å². The fourth-order valence-corrected chi connectivity index (χ4v) is 3.01. The molecule has 2 aromatic carbocycles. The molecule has 0 radical (unpaired) electrons. The number of carbonyl (C=O) groups is 1. The minimum atomic E-state index is -0.488. The number of para-hydroxylation sites is 1. The van der Waals surface area contributed by atoms with Crippen LogP contribution in [0.25, 0.3) is 16.7 Å². The lowest BCUT2D eigenvalue weighted by molar-refractivity contribution is -0.116. The fourth-order valence-electron chi connectivity index (χ4n) is 3.01. The molecule has 8 heteroatoms. The van der Waals surface area contributed by atoms with Gasteiger partial charge in [0.25, 0.3) is 5.56 Å². The van der Waals surface area contributed by atoms with Crippen molar-refractivity contribution in [2.45, 2.75) is 19.8 Å². The molecule has 0 aliphatic carbocycles. The molecule has 0 fully saturated rings. The second-order valence-corrected chi connectivity index (χ2v) is 6.67. The van der Waals surface area contributed by atoms with Crippen molar-refractivity contribution in [3.63, 3.8) is 0 Å². The Balaban J connectivity index is 1.54. The van der Waals surface area contributed by atoms with Crippen LogP contribution in [-0.2, 0) is 11.2 Å². The number of hydrogen-bond acceptors (Lipinski definition) is 4. The van der Waals surface area contributed by atoms with Crippen molar-refractivity contribution in [3.05, 3.63) is 82.3 Å². The molecule has 0 saturated heterocycles. The summed E-state index contributed by atoms with van der Waals surface area (Å²) in [6.07, 6.45) is 1.70. The SMILES string of the molecule is Cc1ccc(NC(=O)CCc2nc3c(cnn3-c3ccccc3)c(=O)[nH]2)c(F)c1. The molecule has 0 bridgehead atoms. The smallest absolute Gasteiger partial charge is 0.262 e. The summed E-state index contributed by atoms with van der Waals surface area (Å²) < 4.78 is 15.5. The predicted octanol–water partition coefficient (Wildman–Crippen LogP) is 3.13. The molecular weight excluding hydrogens is 373 g/mol. The molecule has 0 atom stereocenters. The van der Waals surface area contributed by atoms with Gasteiger partial charge in [0.2, 0.25) is 5.91 Å². The largest absolute Gasteiger partial charge is 0.324 e. The average Bonchev–Trinajstić information content (AvgIpc) is 3.14. The third-order valence-electron chi connectivity index (χ3n) is 4.48. The van der Waals surface area contributed by atoms with E-state index in [2.05, 4.69) is 20.4 Å². The summed E-state index contributed by atoms with van der Waals surface area (Å²) >= 11 is 0. The van der Waals surface area contributed by atoms with Crippen LogP contribution in [0, 0.1) is 12.7 Å². The Morgan fingerprint density at radius 1 is 1.21 bits per heavy atom. The van der Waals surface area contributed by atoms with E-state index in [0.717, 1.165) is 11.3 Å². The van der Waals surface area contributed by atoms with E-state index in [1.54, 1.807) is 17.7 Å². The van der Waals surface area contributed by atoms with Gasteiger partial charge in [0.05, 0.1) is 17.6 Å². The van der Waals surface area contributed by atoms with Gasteiger partial charge in [-0.2, -0.15) is 5.10 Å². The number of carbonyl (C=O) groups excluding carboxylic acids is 1. The van der Waals surface area contributed by atoms with Gasteiger partial charge in [-0.3, -0.25) is 9.59 Å².